The third kappa shape index (κ3) is 5.20. The second-order valence-electron chi connectivity index (χ2n) is 6.45. The van der Waals surface area contributed by atoms with Crippen molar-refractivity contribution in [1.29, 1.82) is 0 Å². The third-order valence-electron chi connectivity index (χ3n) is 4.52. The summed E-state index contributed by atoms with van der Waals surface area (Å²) in [6.07, 6.45) is 3.24. The van der Waals surface area contributed by atoms with E-state index >= 15 is 0 Å². The van der Waals surface area contributed by atoms with Crippen molar-refractivity contribution in [3.63, 3.8) is 0 Å². The van der Waals surface area contributed by atoms with Crippen molar-refractivity contribution in [2.45, 2.75) is 6.61 Å². The smallest absolute Gasteiger partial charge is 0.193 e. The first-order valence-electron chi connectivity index (χ1n) is 9.44. The van der Waals surface area contributed by atoms with Gasteiger partial charge in [0.25, 0.3) is 0 Å². The Morgan fingerprint density at radius 2 is 1.47 bits per heavy atom. The first-order chi connectivity index (χ1) is 14.6. The lowest BCUT2D eigenvalue weighted by Gasteiger charge is -2.15. The van der Waals surface area contributed by atoms with Gasteiger partial charge in [-0.1, -0.05) is 48.5 Å². The van der Waals surface area contributed by atoms with Crippen LogP contribution in [0.25, 0.3) is 6.08 Å². The number of ether oxygens (including phenoxy) is 4. The minimum absolute atomic E-state index is 0.228. The van der Waals surface area contributed by atoms with Gasteiger partial charge in [-0.05, 0) is 29.3 Å². The summed E-state index contributed by atoms with van der Waals surface area (Å²) in [6, 6.07) is 20.5. The van der Waals surface area contributed by atoms with Gasteiger partial charge >= 0.3 is 0 Å². The van der Waals surface area contributed by atoms with E-state index in [1.807, 2.05) is 54.6 Å². The first kappa shape index (κ1) is 21.0. The van der Waals surface area contributed by atoms with Crippen molar-refractivity contribution < 1.29 is 23.7 Å². The molecule has 0 radical (unpaired) electrons. The minimum Gasteiger partial charge on any atom is -0.497 e. The zero-order chi connectivity index (χ0) is 21.3. The molecule has 0 atom stereocenters. The molecule has 3 aromatic rings. The maximum atomic E-state index is 13.0. The van der Waals surface area contributed by atoms with Crippen LogP contribution in [0.5, 0.6) is 23.0 Å². The summed E-state index contributed by atoms with van der Waals surface area (Å²) in [6.45, 7) is 0.319. The van der Waals surface area contributed by atoms with E-state index in [4.69, 9.17) is 18.9 Å². The maximum absolute atomic E-state index is 13.0. The van der Waals surface area contributed by atoms with Gasteiger partial charge in [-0.2, -0.15) is 0 Å². The molecule has 0 fully saturated rings. The van der Waals surface area contributed by atoms with Crippen LogP contribution in [0, 0.1) is 0 Å². The zero-order valence-electron chi connectivity index (χ0n) is 17.3. The van der Waals surface area contributed by atoms with Crippen LogP contribution in [-0.2, 0) is 6.61 Å². The average Bonchev–Trinajstić information content (AvgIpc) is 2.81. The Kier molecular flexibility index (Phi) is 7.11. The highest BCUT2D eigenvalue weighted by molar-refractivity contribution is 6.10. The molecular formula is C25H24O5. The molecule has 3 aromatic carbocycles. The standard InChI is InChI=1S/C25H24O5/c1-27-20-12-9-18(10-13-20)11-14-22(26)25-23(29-3)15-21(28-2)16-24(25)30-17-19-7-5-4-6-8-19/h4-16H,17H2,1-3H3/b14-11+. The number of methoxy groups -OCH3 is 3. The molecule has 0 bridgehead atoms. The second kappa shape index (κ2) is 10.2. The van der Waals surface area contributed by atoms with Gasteiger partial charge in [0.15, 0.2) is 5.78 Å². The molecule has 0 saturated heterocycles. The largest absolute Gasteiger partial charge is 0.497 e. The van der Waals surface area contributed by atoms with E-state index in [0.717, 1.165) is 16.9 Å². The van der Waals surface area contributed by atoms with Crippen LogP contribution in [-0.4, -0.2) is 27.1 Å². The number of hydrogen-bond acceptors (Lipinski definition) is 5. The molecule has 0 spiro atoms. The quantitative estimate of drug-likeness (QED) is 0.363. The summed E-state index contributed by atoms with van der Waals surface area (Å²) in [5, 5.41) is 0. The number of allylic oxidation sites excluding steroid dienone is 1. The van der Waals surface area contributed by atoms with Gasteiger partial charge < -0.3 is 18.9 Å². The summed E-state index contributed by atoms with van der Waals surface area (Å²) >= 11 is 0. The van der Waals surface area contributed by atoms with E-state index in [0.29, 0.717) is 29.4 Å². The fourth-order valence-electron chi connectivity index (χ4n) is 2.91. The van der Waals surface area contributed by atoms with Gasteiger partial charge in [0.2, 0.25) is 0 Å². The minimum atomic E-state index is -0.228. The molecule has 0 saturated carbocycles. The number of hydrogen-bond donors (Lipinski definition) is 0. The van der Waals surface area contributed by atoms with E-state index in [1.54, 1.807) is 32.4 Å². The van der Waals surface area contributed by atoms with E-state index < -0.39 is 0 Å². The van der Waals surface area contributed by atoms with E-state index in [-0.39, 0.29) is 5.78 Å². The van der Waals surface area contributed by atoms with Gasteiger partial charge in [0.1, 0.15) is 35.2 Å². The fourth-order valence-corrected chi connectivity index (χ4v) is 2.91. The molecule has 0 aromatic heterocycles. The molecule has 0 N–H and O–H groups in total. The molecule has 154 valence electrons. The van der Waals surface area contributed by atoms with Gasteiger partial charge in [-0.25, -0.2) is 0 Å². The van der Waals surface area contributed by atoms with Crippen molar-refractivity contribution in [3.8, 4) is 23.0 Å². The van der Waals surface area contributed by atoms with Crippen molar-refractivity contribution in [2.24, 2.45) is 0 Å². The fraction of sp³-hybridized carbons (Fsp3) is 0.160. The highest BCUT2D eigenvalue weighted by atomic mass is 16.5. The summed E-state index contributed by atoms with van der Waals surface area (Å²) in [5.74, 6) is 1.87. The molecule has 3 rings (SSSR count). The van der Waals surface area contributed by atoms with E-state index in [2.05, 4.69) is 0 Å². The van der Waals surface area contributed by atoms with Gasteiger partial charge in [-0.15, -0.1) is 0 Å². The molecular weight excluding hydrogens is 380 g/mol. The molecule has 0 unspecified atom stereocenters. The van der Waals surface area contributed by atoms with Crippen LogP contribution in [0.15, 0.2) is 72.8 Å². The van der Waals surface area contributed by atoms with Crippen LogP contribution in [0.4, 0.5) is 0 Å². The first-order valence-corrected chi connectivity index (χ1v) is 9.44. The van der Waals surface area contributed by atoms with Crippen LogP contribution in [0.3, 0.4) is 0 Å². The van der Waals surface area contributed by atoms with Crippen LogP contribution < -0.4 is 18.9 Å². The lowest BCUT2D eigenvalue weighted by atomic mass is 10.1. The number of ketones is 1. The number of carbonyl (C=O) groups is 1. The highest BCUT2D eigenvalue weighted by Crippen LogP contribution is 2.35. The molecule has 5 heteroatoms. The van der Waals surface area contributed by atoms with Crippen LogP contribution >= 0.6 is 0 Å². The Morgan fingerprint density at radius 1 is 0.800 bits per heavy atom. The third-order valence-corrected chi connectivity index (χ3v) is 4.52. The molecule has 30 heavy (non-hydrogen) atoms. The Morgan fingerprint density at radius 3 is 2.10 bits per heavy atom. The number of carbonyl (C=O) groups excluding carboxylic acids is 1. The Hall–Kier alpha value is -3.73. The summed E-state index contributed by atoms with van der Waals surface area (Å²) in [5.41, 5.74) is 2.22. The molecule has 0 aliphatic rings. The predicted octanol–water partition coefficient (Wildman–Crippen LogP) is 5.19. The summed E-state index contributed by atoms with van der Waals surface area (Å²) in [7, 11) is 4.68. The Bertz CT molecular complexity index is 1010. The van der Waals surface area contributed by atoms with Crippen molar-refractivity contribution >= 4 is 11.9 Å². The summed E-state index contributed by atoms with van der Waals surface area (Å²) < 4.78 is 21.9. The van der Waals surface area contributed by atoms with Crippen LogP contribution in [0.2, 0.25) is 0 Å². The van der Waals surface area contributed by atoms with E-state index in [1.165, 1.54) is 13.2 Å². The molecule has 0 aliphatic heterocycles. The topological polar surface area (TPSA) is 54.0 Å². The molecule has 0 amide bonds. The predicted molar refractivity (Wildman–Crippen MR) is 117 cm³/mol. The summed E-state index contributed by atoms with van der Waals surface area (Å²) in [4.78, 5) is 13.0. The second-order valence-corrected chi connectivity index (χ2v) is 6.45. The number of rotatable bonds is 9. The molecule has 5 nitrogen and oxygen atoms in total. The Labute approximate surface area is 176 Å². The normalized spacial score (nSPS) is 10.6. The molecule has 0 heterocycles. The highest BCUT2D eigenvalue weighted by Gasteiger charge is 2.19. The van der Waals surface area contributed by atoms with Crippen molar-refractivity contribution in [3.05, 3.63) is 89.5 Å². The van der Waals surface area contributed by atoms with Crippen molar-refractivity contribution in [2.75, 3.05) is 21.3 Å². The monoisotopic (exact) mass is 404 g/mol. The maximum Gasteiger partial charge on any atom is 0.193 e. The SMILES string of the molecule is COc1ccc(/C=C/C(=O)c2c(OC)cc(OC)cc2OCc2ccccc2)cc1. The zero-order valence-corrected chi connectivity index (χ0v) is 17.3. The van der Waals surface area contributed by atoms with Gasteiger partial charge in [0, 0.05) is 12.1 Å². The van der Waals surface area contributed by atoms with Gasteiger partial charge in [-0.3, -0.25) is 4.79 Å². The van der Waals surface area contributed by atoms with Gasteiger partial charge in [0.05, 0.1) is 21.3 Å². The Balaban J connectivity index is 1.89. The van der Waals surface area contributed by atoms with Crippen LogP contribution in [0.1, 0.15) is 21.5 Å². The lowest BCUT2D eigenvalue weighted by molar-refractivity contribution is 0.104. The lowest BCUT2D eigenvalue weighted by Crippen LogP contribution is -2.06. The average molecular weight is 404 g/mol. The molecule has 0 aliphatic carbocycles. The van der Waals surface area contributed by atoms with Crippen molar-refractivity contribution in [1.82, 2.24) is 0 Å². The number of benzene rings is 3. The van der Waals surface area contributed by atoms with E-state index in [9.17, 15) is 4.79 Å².